The Bertz CT molecular complexity index is 386. The van der Waals surface area contributed by atoms with Crippen molar-refractivity contribution in [2.24, 2.45) is 0 Å². The van der Waals surface area contributed by atoms with E-state index in [1.807, 2.05) is 0 Å². The molecule has 0 unspecified atom stereocenters. The van der Waals surface area contributed by atoms with E-state index >= 15 is 0 Å². The molecule has 1 aromatic rings. The maximum absolute atomic E-state index is 3.51. The smallest absolute Gasteiger partial charge is 0.0409 e. The molecule has 2 rings (SSSR count). The van der Waals surface area contributed by atoms with E-state index in [9.17, 15) is 0 Å². The summed E-state index contributed by atoms with van der Waals surface area (Å²) in [5.74, 6) is 0. The van der Waals surface area contributed by atoms with Crippen molar-refractivity contribution in [3.8, 4) is 0 Å². The van der Waals surface area contributed by atoms with Gasteiger partial charge in [0.1, 0.15) is 0 Å². The molecule has 1 fully saturated rings. The number of benzene rings is 1. The number of hydrogen-bond donors (Lipinski definition) is 1. The molecule has 0 bridgehead atoms. The van der Waals surface area contributed by atoms with Gasteiger partial charge in [-0.15, -0.1) is 0 Å². The van der Waals surface area contributed by atoms with Crippen LogP contribution in [0.25, 0.3) is 0 Å². The molecule has 112 valence electrons. The molecule has 0 aromatic heterocycles. The highest BCUT2D eigenvalue weighted by atomic mass is 15.2. The normalized spacial score (nSPS) is 15.7. The van der Waals surface area contributed by atoms with Crippen LogP contribution in [0.15, 0.2) is 24.3 Å². The minimum atomic E-state index is 0.970. The van der Waals surface area contributed by atoms with Gasteiger partial charge < -0.3 is 15.1 Å². The first-order chi connectivity index (χ1) is 9.81. The van der Waals surface area contributed by atoms with E-state index in [1.165, 1.54) is 50.1 Å². The van der Waals surface area contributed by atoms with Gasteiger partial charge in [-0.3, -0.25) is 0 Å². The molecule has 3 heteroatoms. The maximum atomic E-state index is 3.51. The molecule has 0 spiro atoms. The van der Waals surface area contributed by atoms with Gasteiger partial charge in [0, 0.05) is 32.4 Å². The van der Waals surface area contributed by atoms with Crippen LogP contribution in [-0.4, -0.2) is 44.7 Å². The molecular formula is C17H29N3. The Morgan fingerprint density at radius 2 is 1.95 bits per heavy atom. The minimum Gasteiger partial charge on any atom is -0.373 e. The highest BCUT2D eigenvalue weighted by molar-refractivity contribution is 5.53. The summed E-state index contributed by atoms with van der Waals surface area (Å²) in [5.41, 5.74) is 2.78. The van der Waals surface area contributed by atoms with E-state index in [0.717, 1.165) is 19.6 Å². The van der Waals surface area contributed by atoms with Crippen LogP contribution in [0.3, 0.4) is 0 Å². The van der Waals surface area contributed by atoms with Crippen LogP contribution < -0.4 is 10.2 Å². The molecule has 1 aliphatic heterocycles. The molecule has 0 atom stereocenters. The lowest BCUT2D eigenvalue weighted by Gasteiger charge is -2.25. The monoisotopic (exact) mass is 275 g/mol. The third-order valence-corrected chi connectivity index (χ3v) is 4.10. The zero-order valence-electron chi connectivity index (χ0n) is 13.1. The molecule has 0 amide bonds. The molecule has 0 aliphatic carbocycles. The second kappa shape index (κ2) is 8.28. The number of hydrogen-bond acceptors (Lipinski definition) is 3. The van der Waals surface area contributed by atoms with Gasteiger partial charge in [0.15, 0.2) is 0 Å². The number of anilines is 1. The summed E-state index contributed by atoms with van der Waals surface area (Å²) in [6.07, 6.45) is 3.94. The predicted octanol–water partition coefficient (Wildman–Crippen LogP) is 2.72. The van der Waals surface area contributed by atoms with E-state index in [2.05, 4.69) is 53.4 Å². The Balaban J connectivity index is 1.88. The molecule has 1 saturated heterocycles. The van der Waals surface area contributed by atoms with Crippen LogP contribution in [0.2, 0.25) is 0 Å². The van der Waals surface area contributed by atoms with Crippen molar-refractivity contribution >= 4 is 5.69 Å². The van der Waals surface area contributed by atoms with Gasteiger partial charge in [-0.25, -0.2) is 0 Å². The summed E-state index contributed by atoms with van der Waals surface area (Å²) in [6.45, 7) is 9.14. The van der Waals surface area contributed by atoms with Gasteiger partial charge in [-0.05, 0) is 50.5 Å². The second-order valence-electron chi connectivity index (χ2n) is 5.78. The first-order valence-electron chi connectivity index (χ1n) is 8.03. The molecule has 20 heavy (non-hydrogen) atoms. The van der Waals surface area contributed by atoms with Crippen molar-refractivity contribution in [1.82, 2.24) is 10.2 Å². The summed E-state index contributed by atoms with van der Waals surface area (Å²) < 4.78 is 0. The van der Waals surface area contributed by atoms with Crippen molar-refractivity contribution in [2.75, 3.05) is 44.7 Å². The van der Waals surface area contributed by atoms with Crippen LogP contribution >= 0.6 is 0 Å². The SMILES string of the molecule is CCCNCc1ccccc1N(C)CCN1CCCC1. The molecule has 1 aliphatic rings. The first kappa shape index (κ1) is 15.3. The van der Waals surface area contributed by atoms with Crippen LogP contribution in [0.4, 0.5) is 5.69 Å². The second-order valence-corrected chi connectivity index (χ2v) is 5.78. The van der Waals surface area contributed by atoms with Crippen LogP contribution in [0.1, 0.15) is 31.7 Å². The standard InChI is InChI=1S/C17H29N3/c1-3-10-18-15-16-8-4-5-9-17(16)19(2)13-14-20-11-6-7-12-20/h4-5,8-9,18H,3,6-7,10-15H2,1-2H3. The van der Waals surface area contributed by atoms with Crippen molar-refractivity contribution in [3.63, 3.8) is 0 Å². The molecule has 3 nitrogen and oxygen atoms in total. The third-order valence-electron chi connectivity index (χ3n) is 4.10. The number of likely N-dealkylation sites (N-methyl/N-ethyl adjacent to an activating group) is 1. The Morgan fingerprint density at radius 3 is 2.70 bits per heavy atom. The van der Waals surface area contributed by atoms with Crippen molar-refractivity contribution in [2.45, 2.75) is 32.7 Å². The van der Waals surface area contributed by atoms with Crippen LogP contribution in [-0.2, 0) is 6.54 Å². The molecule has 0 saturated carbocycles. The topological polar surface area (TPSA) is 18.5 Å². The molecule has 0 radical (unpaired) electrons. The average molecular weight is 275 g/mol. The average Bonchev–Trinajstić information content (AvgIpc) is 2.99. The van der Waals surface area contributed by atoms with Gasteiger partial charge in [0.25, 0.3) is 0 Å². The lowest BCUT2D eigenvalue weighted by molar-refractivity contribution is 0.346. The molecule has 1 heterocycles. The fourth-order valence-corrected chi connectivity index (χ4v) is 2.85. The summed E-state index contributed by atoms with van der Waals surface area (Å²) in [4.78, 5) is 4.98. The lowest BCUT2D eigenvalue weighted by Crippen LogP contribution is -2.32. The number of nitrogens with zero attached hydrogens (tertiary/aromatic N) is 2. The molecule has 1 N–H and O–H groups in total. The number of rotatable bonds is 8. The third kappa shape index (κ3) is 4.50. The zero-order chi connectivity index (χ0) is 14.2. The summed E-state index contributed by atoms with van der Waals surface area (Å²) in [6, 6.07) is 8.77. The fourth-order valence-electron chi connectivity index (χ4n) is 2.85. The molecule has 1 aromatic carbocycles. The van der Waals surface area contributed by atoms with Crippen LogP contribution in [0.5, 0.6) is 0 Å². The largest absolute Gasteiger partial charge is 0.373 e. The summed E-state index contributed by atoms with van der Waals surface area (Å²) >= 11 is 0. The first-order valence-corrected chi connectivity index (χ1v) is 8.03. The van der Waals surface area contributed by atoms with Gasteiger partial charge in [0.05, 0.1) is 0 Å². The van der Waals surface area contributed by atoms with Gasteiger partial charge in [-0.1, -0.05) is 25.1 Å². The van der Waals surface area contributed by atoms with Crippen LogP contribution in [0, 0.1) is 0 Å². The Kier molecular flexibility index (Phi) is 6.34. The van der Waals surface area contributed by atoms with E-state index in [4.69, 9.17) is 0 Å². The van der Waals surface area contributed by atoms with E-state index < -0.39 is 0 Å². The van der Waals surface area contributed by atoms with Crippen molar-refractivity contribution in [3.05, 3.63) is 29.8 Å². The summed E-state index contributed by atoms with van der Waals surface area (Å²) in [5, 5.41) is 3.51. The number of likely N-dealkylation sites (tertiary alicyclic amines) is 1. The Morgan fingerprint density at radius 1 is 1.20 bits per heavy atom. The number of nitrogens with one attached hydrogen (secondary N) is 1. The summed E-state index contributed by atoms with van der Waals surface area (Å²) in [7, 11) is 2.22. The van der Waals surface area contributed by atoms with Crippen molar-refractivity contribution in [1.29, 1.82) is 0 Å². The van der Waals surface area contributed by atoms with Gasteiger partial charge in [0.2, 0.25) is 0 Å². The lowest BCUT2D eigenvalue weighted by atomic mass is 10.1. The van der Waals surface area contributed by atoms with E-state index in [-0.39, 0.29) is 0 Å². The quantitative estimate of drug-likeness (QED) is 0.736. The molecular weight excluding hydrogens is 246 g/mol. The minimum absolute atomic E-state index is 0.970. The Labute approximate surface area is 124 Å². The van der Waals surface area contributed by atoms with Crippen molar-refractivity contribution < 1.29 is 0 Å². The maximum Gasteiger partial charge on any atom is 0.0409 e. The van der Waals surface area contributed by atoms with E-state index in [0.29, 0.717) is 0 Å². The predicted molar refractivity (Wildman–Crippen MR) is 87.4 cm³/mol. The highest BCUT2D eigenvalue weighted by Crippen LogP contribution is 2.19. The van der Waals surface area contributed by atoms with Gasteiger partial charge >= 0.3 is 0 Å². The van der Waals surface area contributed by atoms with E-state index in [1.54, 1.807) is 0 Å². The Hall–Kier alpha value is -1.06. The number of para-hydroxylation sites is 1. The zero-order valence-corrected chi connectivity index (χ0v) is 13.1. The highest BCUT2D eigenvalue weighted by Gasteiger charge is 2.13. The fraction of sp³-hybridized carbons (Fsp3) is 0.647. The van der Waals surface area contributed by atoms with Gasteiger partial charge in [-0.2, -0.15) is 0 Å².